The number of benzene rings is 2. The predicted octanol–water partition coefficient (Wildman–Crippen LogP) is 1.85. The van der Waals surface area contributed by atoms with Crippen LogP contribution < -0.4 is 18.9 Å². The van der Waals surface area contributed by atoms with Gasteiger partial charge in [-0.15, -0.1) is 11.8 Å². The second-order valence-corrected chi connectivity index (χ2v) is 10.7. The summed E-state index contributed by atoms with van der Waals surface area (Å²) in [7, 11) is -3.68. The van der Waals surface area contributed by atoms with Crippen LogP contribution >= 0.6 is 11.8 Å². The number of fused-ring (bicyclic) bond motifs is 2. The van der Waals surface area contributed by atoms with Crippen LogP contribution in [0.2, 0.25) is 0 Å². The average Bonchev–Trinajstić information content (AvgIpc) is 2.87. The van der Waals surface area contributed by atoms with Crippen molar-refractivity contribution in [1.29, 1.82) is 0 Å². The standard InChI is InChI=1S/C22H24N2O7S2/c25-22(15-32-16-1-3-18-20(13-16)30-11-9-28-18)23-5-7-24(8-6-23)33(26,27)17-2-4-19-21(14-17)31-12-10-29-19/h1-4,13-14H,5-12,15H2. The minimum absolute atomic E-state index is 0.0220. The molecule has 1 fully saturated rings. The molecule has 11 heteroatoms. The minimum atomic E-state index is -3.68. The van der Waals surface area contributed by atoms with Crippen LogP contribution in [0.15, 0.2) is 46.2 Å². The Balaban J connectivity index is 1.16. The molecular formula is C22H24N2O7S2. The van der Waals surface area contributed by atoms with Crippen molar-refractivity contribution in [2.45, 2.75) is 9.79 Å². The molecule has 5 rings (SSSR count). The van der Waals surface area contributed by atoms with E-state index >= 15 is 0 Å². The van der Waals surface area contributed by atoms with Gasteiger partial charge in [0.15, 0.2) is 23.0 Å². The minimum Gasteiger partial charge on any atom is -0.486 e. The van der Waals surface area contributed by atoms with Gasteiger partial charge in [-0.25, -0.2) is 8.42 Å². The van der Waals surface area contributed by atoms with Gasteiger partial charge in [0.2, 0.25) is 15.9 Å². The SMILES string of the molecule is O=C(CSc1ccc2c(c1)OCCO2)N1CCN(S(=O)(=O)c2ccc3c(c2)OCCO3)CC1. The van der Waals surface area contributed by atoms with Gasteiger partial charge in [-0.3, -0.25) is 4.79 Å². The van der Waals surface area contributed by atoms with Crippen LogP contribution in [-0.4, -0.2) is 81.9 Å². The Morgan fingerprint density at radius 3 is 2.03 bits per heavy atom. The molecule has 0 atom stereocenters. The number of amides is 1. The number of hydrogen-bond donors (Lipinski definition) is 0. The first-order valence-corrected chi connectivity index (χ1v) is 13.1. The molecular weight excluding hydrogens is 468 g/mol. The molecule has 0 radical (unpaired) electrons. The highest BCUT2D eigenvalue weighted by Crippen LogP contribution is 2.35. The van der Waals surface area contributed by atoms with Gasteiger partial charge in [0.25, 0.3) is 0 Å². The Morgan fingerprint density at radius 1 is 0.788 bits per heavy atom. The first-order valence-electron chi connectivity index (χ1n) is 10.7. The van der Waals surface area contributed by atoms with E-state index in [9.17, 15) is 13.2 Å². The third kappa shape index (κ3) is 4.71. The van der Waals surface area contributed by atoms with Gasteiger partial charge >= 0.3 is 0 Å². The number of sulfonamides is 1. The normalized spacial score (nSPS) is 18.1. The zero-order valence-corrected chi connectivity index (χ0v) is 19.5. The van der Waals surface area contributed by atoms with Crippen LogP contribution in [0.5, 0.6) is 23.0 Å². The number of hydrogen-bond acceptors (Lipinski definition) is 8. The van der Waals surface area contributed by atoms with Crippen molar-refractivity contribution in [2.24, 2.45) is 0 Å². The molecule has 0 aromatic heterocycles. The summed E-state index contributed by atoms with van der Waals surface area (Å²) < 4.78 is 49.7. The first kappa shape index (κ1) is 22.2. The average molecular weight is 493 g/mol. The molecule has 0 spiro atoms. The van der Waals surface area contributed by atoms with E-state index in [2.05, 4.69) is 0 Å². The Bertz CT molecular complexity index is 1150. The van der Waals surface area contributed by atoms with Gasteiger partial charge < -0.3 is 23.8 Å². The lowest BCUT2D eigenvalue weighted by Crippen LogP contribution is -2.50. The lowest BCUT2D eigenvalue weighted by atomic mass is 10.3. The quantitative estimate of drug-likeness (QED) is 0.584. The fourth-order valence-electron chi connectivity index (χ4n) is 3.86. The number of ether oxygens (including phenoxy) is 4. The molecule has 1 amide bonds. The molecule has 0 bridgehead atoms. The number of carbonyl (C=O) groups is 1. The fraction of sp³-hybridized carbons (Fsp3) is 0.409. The van der Waals surface area contributed by atoms with E-state index < -0.39 is 10.0 Å². The smallest absolute Gasteiger partial charge is 0.243 e. The van der Waals surface area contributed by atoms with Gasteiger partial charge in [-0.1, -0.05) is 0 Å². The van der Waals surface area contributed by atoms with Crippen molar-refractivity contribution in [3.05, 3.63) is 36.4 Å². The number of rotatable bonds is 5. The molecule has 9 nitrogen and oxygen atoms in total. The van der Waals surface area contributed by atoms with Crippen molar-refractivity contribution < 1.29 is 32.2 Å². The molecule has 2 aromatic rings. The molecule has 33 heavy (non-hydrogen) atoms. The molecule has 3 aliphatic rings. The second kappa shape index (κ2) is 9.32. The Morgan fingerprint density at radius 2 is 1.36 bits per heavy atom. The van der Waals surface area contributed by atoms with Crippen LogP contribution in [0, 0.1) is 0 Å². The van der Waals surface area contributed by atoms with E-state index in [4.69, 9.17) is 18.9 Å². The summed E-state index contributed by atoms with van der Waals surface area (Å²) in [6.45, 7) is 3.08. The summed E-state index contributed by atoms with van der Waals surface area (Å²) in [6, 6.07) is 10.3. The van der Waals surface area contributed by atoms with E-state index in [1.54, 1.807) is 11.0 Å². The summed E-state index contributed by atoms with van der Waals surface area (Å²) in [5.41, 5.74) is 0. The van der Waals surface area contributed by atoms with Crippen LogP contribution in [0.1, 0.15) is 0 Å². The highest BCUT2D eigenvalue weighted by Gasteiger charge is 2.31. The topological polar surface area (TPSA) is 94.6 Å². The summed E-state index contributed by atoms with van der Waals surface area (Å²) in [5.74, 6) is 2.64. The number of piperazine rings is 1. The van der Waals surface area contributed by atoms with Gasteiger partial charge in [0.1, 0.15) is 26.4 Å². The van der Waals surface area contributed by atoms with E-state index in [1.807, 2.05) is 18.2 Å². The van der Waals surface area contributed by atoms with E-state index in [-0.39, 0.29) is 29.6 Å². The molecule has 1 saturated heterocycles. The molecule has 176 valence electrons. The molecule has 3 heterocycles. The van der Waals surface area contributed by atoms with Gasteiger partial charge in [-0.2, -0.15) is 4.31 Å². The first-order chi connectivity index (χ1) is 16.0. The molecule has 0 aliphatic carbocycles. The molecule has 0 saturated carbocycles. The lowest BCUT2D eigenvalue weighted by molar-refractivity contribution is -0.129. The lowest BCUT2D eigenvalue weighted by Gasteiger charge is -2.34. The largest absolute Gasteiger partial charge is 0.486 e. The Kier molecular flexibility index (Phi) is 6.26. The van der Waals surface area contributed by atoms with Crippen LogP contribution in [0.25, 0.3) is 0 Å². The Hall–Kier alpha value is -2.63. The monoisotopic (exact) mass is 492 g/mol. The highest BCUT2D eigenvalue weighted by atomic mass is 32.2. The predicted molar refractivity (Wildman–Crippen MR) is 121 cm³/mol. The summed E-state index contributed by atoms with van der Waals surface area (Å²) >= 11 is 1.43. The van der Waals surface area contributed by atoms with Crippen molar-refractivity contribution in [2.75, 3.05) is 58.4 Å². The van der Waals surface area contributed by atoms with Gasteiger partial charge in [0, 0.05) is 37.1 Å². The zero-order chi connectivity index (χ0) is 22.8. The Labute approximate surface area is 196 Å². The fourth-order valence-corrected chi connectivity index (χ4v) is 6.13. The van der Waals surface area contributed by atoms with E-state index in [0.717, 1.165) is 4.90 Å². The molecule has 0 N–H and O–H groups in total. The van der Waals surface area contributed by atoms with E-state index in [1.165, 1.54) is 28.2 Å². The third-order valence-corrected chi connectivity index (χ3v) is 8.49. The summed E-state index contributed by atoms with van der Waals surface area (Å²) in [5, 5.41) is 0. The molecule has 3 aliphatic heterocycles. The van der Waals surface area contributed by atoms with Crippen molar-refractivity contribution >= 4 is 27.7 Å². The van der Waals surface area contributed by atoms with Crippen LogP contribution in [-0.2, 0) is 14.8 Å². The molecule has 2 aromatic carbocycles. The number of nitrogens with zero attached hydrogens (tertiary/aromatic N) is 2. The van der Waals surface area contributed by atoms with Crippen LogP contribution in [0.3, 0.4) is 0 Å². The third-order valence-electron chi connectivity index (χ3n) is 5.62. The van der Waals surface area contributed by atoms with Gasteiger partial charge in [0.05, 0.1) is 10.6 Å². The van der Waals surface area contributed by atoms with Crippen molar-refractivity contribution in [1.82, 2.24) is 9.21 Å². The summed E-state index contributed by atoms with van der Waals surface area (Å²) in [6.07, 6.45) is 0. The zero-order valence-electron chi connectivity index (χ0n) is 17.9. The maximum Gasteiger partial charge on any atom is 0.243 e. The maximum atomic E-state index is 13.1. The highest BCUT2D eigenvalue weighted by molar-refractivity contribution is 8.00. The second-order valence-electron chi connectivity index (χ2n) is 7.68. The van der Waals surface area contributed by atoms with Crippen molar-refractivity contribution in [3.63, 3.8) is 0 Å². The van der Waals surface area contributed by atoms with Gasteiger partial charge in [-0.05, 0) is 30.3 Å². The number of thioether (sulfide) groups is 1. The maximum absolute atomic E-state index is 13.1. The van der Waals surface area contributed by atoms with Crippen LogP contribution in [0.4, 0.5) is 0 Å². The molecule has 0 unspecified atom stereocenters. The number of carbonyl (C=O) groups excluding carboxylic acids is 1. The summed E-state index contributed by atoms with van der Waals surface area (Å²) in [4.78, 5) is 15.5. The van der Waals surface area contributed by atoms with Crippen molar-refractivity contribution in [3.8, 4) is 23.0 Å². The van der Waals surface area contributed by atoms with E-state index in [0.29, 0.717) is 62.5 Å².